The number of carbonyl (C=O) groups is 2. The lowest BCUT2D eigenvalue weighted by molar-refractivity contribution is -0.121. The Morgan fingerprint density at radius 3 is 2.66 bits per heavy atom. The van der Waals surface area contributed by atoms with E-state index < -0.39 is 0 Å². The fourth-order valence-electron chi connectivity index (χ4n) is 2.68. The third-order valence-corrected chi connectivity index (χ3v) is 6.00. The number of nitrogens with one attached hydrogen (secondary N) is 1. The van der Waals surface area contributed by atoms with Crippen LogP contribution in [0.5, 0.6) is 11.5 Å². The SMILES string of the molecule is CN1C(=O)S/C(=C\c2cc(OCc3cnc(Nc4ccccn4)nc3)c(O)cc2Br)C1=O. The Hall–Kier alpha value is -3.44. The largest absolute Gasteiger partial charge is 0.504 e. The van der Waals surface area contributed by atoms with E-state index >= 15 is 0 Å². The van der Waals surface area contributed by atoms with Gasteiger partial charge in [-0.1, -0.05) is 22.0 Å². The normalized spacial score (nSPS) is 14.8. The van der Waals surface area contributed by atoms with Crippen molar-refractivity contribution in [3.63, 3.8) is 0 Å². The molecule has 0 saturated carbocycles. The van der Waals surface area contributed by atoms with E-state index in [0.29, 0.717) is 32.3 Å². The molecular formula is C21H16BrN5O4S. The van der Waals surface area contributed by atoms with Crippen LogP contribution >= 0.6 is 27.7 Å². The quantitative estimate of drug-likeness (QED) is 0.464. The van der Waals surface area contributed by atoms with Crippen LogP contribution in [0, 0.1) is 0 Å². The molecule has 2 N–H and O–H groups in total. The fraction of sp³-hybridized carbons (Fsp3) is 0.0952. The maximum absolute atomic E-state index is 12.1. The Labute approximate surface area is 195 Å². The smallest absolute Gasteiger partial charge is 0.293 e. The number of nitrogens with zero attached hydrogens (tertiary/aromatic N) is 4. The molecule has 0 unspecified atom stereocenters. The van der Waals surface area contributed by atoms with Crippen molar-refractivity contribution in [3.8, 4) is 11.5 Å². The minimum Gasteiger partial charge on any atom is -0.504 e. The van der Waals surface area contributed by atoms with Crippen LogP contribution in [0.2, 0.25) is 0 Å². The van der Waals surface area contributed by atoms with Crippen molar-refractivity contribution in [2.75, 3.05) is 12.4 Å². The molecule has 3 heterocycles. The van der Waals surface area contributed by atoms with Crippen LogP contribution in [0.25, 0.3) is 6.08 Å². The van der Waals surface area contributed by atoms with E-state index in [4.69, 9.17) is 4.74 Å². The number of hydrogen-bond acceptors (Lipinski definition) is 9. The minimum atomic E-state index is -0.376. The van der Waals surface area contributed by atoms with Gasteiger partial charge in [0.05, 0.1) is 4.91 Å². The van der Waals surface area contributed by atoms with E-state index in [0.717, 1.165) is 16.7 Å². The molecule has 2 amide bonds. The highest BCUT2D eigenvalue weighted by atomic mass is 79.9. The molecule has 0 atom stereocenters. The second kappa shape index (κ2) is 9.37. The number of benzene rings is 1. The average molecular weight is 514 g/mol. The van der Waals surface area contributed by atoms with Gasteiger partial charge in [-0.05, 0) is 47.7 Å². The van der Waals surface area contributed by atoms with E-state index in [1.807, 2.05) is 12.1 Å². The second-order valence-corrected chi connectivity index (χ2v) is 8.47. The highest BCUT2D eigenvalue weighted by Gasteiger charge is 2.32. The first-order valence-corrected chi connectivity index (χ1v) is 10.9. The van der Waals surface area contributed by atoms with Crippen molar-refractivity contribution in [3.05, 3.63) is 69.4 Å². The molecule has 1 saturated heterocycles. The van der Waals surface area contributed by atoms with Crippen LogP contribution in [0.1, 0.15) is 11.1 Å². The number of carbonyl (C=O) groups excluding carboxylic acids is 2. The van der Waals surface area contributed by atoms with Gasteiger partial charge in [-0.2, -0.15) is 0 Å². The summed E-state index contributed by atoms with van der Waals surface area (Å²) >= 11 is 4.21. The first kappa shape index (κ1) is 21.8. The number of aromatic nitrogens is 3. The van der Waals surface area contributed by atoms with Crippen molar-refractivity contribution in [1.82, 2.24) is 19.9 Å². The van der Waals surface area contributed by atoms with Gasteiger partial charge >= 0.3 is 0 Å². The zero-order valence-corrected chi connectivity index (χ0v) is 19.1. The third-order valence-electron chi connectivity index (χ3n) is 4.36. The number of likely N-dealkylation sites (N-methyl/N-ethyl adjacent to an activating group) is 1. The van der Waals surface area contributed by atoms with Crippen molar-refractivity contribution in [2.45, 2.75) is 6.61 Å². The van der Waals surface area contributed by atoms with Gasteiger partial charge < -0.3 is 15.2 Å². The van der Waals surface area contributed by atoms with Crippen molar-refractivity contribution < 1.29 is 19.4 Å². The molecule has 0 spiro atoms. The summed E-state index contributed by atoms with van der Waals surface area (Å²) < 4.78 is 6.28. The minimum absolute atomic E-state index is 0.0769. The number of imide groups is 1. The van der Waals surface area contributed by atoms with E-state index in [2.05, 4.69) is 36.2 Å². The number of phenols is 1. The standard InChI is InChI=1S/C21H16BrN5O4S/c1-27-19(29)17(32-21(27)30)7-13-6-16(15(28)8-14(13)22)31-11-12-9-24-20(25-10-12)26-18-4-2-3-5-23-18/h2-10,28H,11H2,1H3,(H,23,24,25,26)/b17-7-. The second-order valence-electron chi connectivity index (χ2n) is 6.63. The van der Waals surface area contributed by atoms with E-state index in [9.17, 15) is 14.7 Å². The van der Waals surface area contributed by atoms with Crippen LogP contribution < -0.4 is 10.1 Å². The number of pyridine rings is 1. The Kier molecular flexibility index (Phi) is 6.37. The molecule has 1 aromatic carbocycles. The predicted molar refractivity (Wildman–Crippen MR) is 123 cm³/mol. The molecule has 3 aromatic rings. The summed E-state index contributed by atoms with van der Waals surface area (Å²) in [5, 5.41) is 12.9. The lowest BCUT2D eigenvalue weighted by atomic mass is 10.2. The van der Waals surface area contributed by atoms with E-state index in [1.54, 1.807) is 36.8 Å². The van der Waals surface area contributed by atoms with Gasteiger partial charge in [-0.15, -0.1) is 0 Å². The van der Waals surface area contributed by atoms with Crippen molar-refractivity contribution in [2.24, 2.45) is 0 Å². The summed E-state index contributed by atoms with van der Waals surface area (Å²) in [6.07, 6.45) is 6.45. The molecule has 1 aliphatic rings. The number of thioether (sulfide) groups is 1. The first-order chi connectivity index (χ1) is 15.4. The van der Waals surface area contributed by atoms with Gasteiger partial charge in [0.25, 0.3) is 11.1 Å². The number of phenolic OH excluding ortho intramolecular Hbond substituents is 1. The molecule has 2 aromatic heterocycles. The number of rotatable bonds is 6. The third kappa shape index (κ3) is 4.89. The van der Waals surface area contributed by atoms with Crippen LogP contribution in [0.4, 0.5) is 16.6 Å². The molecule has 0 radical (unpaired) electrons. The molecule has 1 aliphatic heterocycles. The number of aromatic hydroxyl groups is 1. The summed E-state index contributed by atoms with van der Waals surface area (Å²) in [5.74, 6) is 0.785. The molecule has 9 nitrogen and oxygen atoms in total. The molecule has 32 heavy (non-hydrogen) atoms. The van der Waals surface area contributed by atoms with Gasteiger partial charge in [-0.25, -0.2) is 15.0 Å². The molecule has 11 heteroatoms. The number of anilines is 2. The highest BCUT2D eigenvalue weighted by Crippen LogP contribution is 2.37. The van der Waals surface area contributed by atoms with Gasteiger partial charge in [-0.3, -0.25) is 14.5 Å². The Morgan fingerprint density at radius 2 is 2.00 bits per heavy atom. The molecule has 4 rings (SSSR count). The predicted octanol–water partition coefficient (Wildman–Crippen LogP) is 4.33. The summed E-state index contributed by atoms with van der Waals surface area (Å²) in [5.41, 5.74) is 1.27. The van der Waals surface area contributed by atoms with Crippen LogP contribution in [0.3, 0.4) is 0 Å². The average Bonchev–Trinajstić information content (AvgIpc) is 3.03. The van der Waals surface area contributed by atoms with E-state index in [1.165, 1.54) is 13.1 Å². The highest BCUT2D eigenvalue weighted by molar-refractivity contribution is 9.10. The number of halogens is 1. The van der Waals surface area contributed by atoms with Gasteiger partial charge in [0.1, 0.15) is 12.4 Å². The molecule has 0 bridgehead atoms. The van der Waals surface area contributed by atoms with Gasteiger partial charge in [0, 0.05) is 35.7 Å². The summed E-state index contributed by atoms with van der Waals surface area (Å²) in [6, 6.07) is 8.52. The Bertz CT molecular complexity index is 1200. The lowest BCUT2D eigenvalue weighted by Crippen LogP contribution is -2.22. The lowest BCUT2D eigenvalue weighted by Gasteiger charge is -2.11. The van der Waals surface area contributed by atoms with Gasteiger partial charge in [0.2, 0.25) is 5.95 Å². The molecular weight excluding hydrogens is 498 g/mol. The number of hydrogen-bond donors (Lipinski definition) is 2. The van der Waals surface area contributed by atoms with Crippen LogP contribution in [0.15, 0.2) is 58.3 Å². The maximum Gasteiger partial charge on any atom is 0.293 e. The van der Waals surface area contributed by atoms with E-state index in [-0.39, 0.29) is 29.3 Å². The topological polar surface area (TPSA) is 118 Å². The Balaban J connectivity index is 1.46. The zero-order valence-electron chi connectivity index (χ0n) is 16.7. The number of ether oxygens (including phenoxy) is 1. The molecule has 162 valence electrons. The summed E-state index contributed by atoms with van der Waals surface area (Å²) in [7, 11) is 1.43. The van der Waals surface area contributed by atoms with Gasteiger partial charge in [0.15, 0.2) is 11.5 Å². The Morgan fingerprint density at radius 1 is 1.22 bits per heavy atom. The monoisotopic (exact) mass is 513 g/mol. The zero-order chi connectivity index (χ0) is 22.7. The fourth-order valence-corrected chi connectivity index (χ4v) is 3.94. The number of amides is 2. The maximum atomic E-state index is 12.1. The van der Waals surface area contributed by atoms with Crippen LogP contribution in [-0.2, 0) is 11.4 Å². The summed E-state index contributed by atoms with van der Waals surface area (Å²) in [4.78, 5) is 37.8. The van der Waals surface area contributed by atoms with Crippen LogP contribution in [-0.4, -0.2) is 43.2 Å². The van der Waals surface area contributed by atoms with Crippen molar-refractivity contribution in [1.29, 1.82) is 0 Å². The van der Waals surface area contributed by atoms with Crippen molar-refractivity contribution >= 4 is 56.7 Å². The molecule has 0 aliphatic carbocycles. The summed E-state index contributed by atoms with van der Waals surface area (Å²) in [6.45, 7) is 0.115. The first-order valence-electron chi connectivity index (χ1n) is 9.26. The molecule has 1 fully saturated rings.